The molecule has 0 bridgehead atoms. The Kier molecular flexibility index (Phi) is 5.75. The second kappa shape index (κ2) is 8.11. The van der Waals surface area contributed by atoms with Gasteiger partial charge in [-0.2, -0.15) is 4.31 Å². The van der Waals surface area contributed by atoms with Crippen molar-refractivity contribution < 1.29 is 13.2 Å². The number of imidazole rings is 1. The first-order valence-corrected chi connectivity index (χ1v) is 12.4. The van der Waals surface area contributed by atoms with Crippen LogP contribution in [0.4, 0.5) is 0 Å². The molecule has 1 aliphatic rings. The zero-order valence-electron chi connectivity index (χ0n) is 15.8. The van der Waals surface area contributed by atoms with Gasteiger partial charge in [-0.05, 0) is 32.0 Å². The third-order valence-corrected chi connectivity index (χ3v) is 8.35. The van der Waals surface area contributed by atoms with Gasteiger partial charge in [0.15, 0.2) is 5.16 Å². The fraction of sp³-hybridized carbons (Fsp3) is 0.444. The van der Waals surface area contributed by atoms with Crippen LogP contribution < -0.4 is 0 Å². The van der Waals surface area contributed by atoms with Crippen molar-refractivity contribution in [3.63, 3.8) is 0 Å². The lowest BCUT2D eigenvalue weighted by Crippen LogP contribution is -2.40. The summed E-state index contributed by atoms with van der Waals surface area (Å²) < 4.78 is 34.7. The number of fused-ring (bicyclic) bond motifs is 1. The quantitative estimate of drug-likeness (QED) is 0.550. The molecule has 0 amide bonds. The van der Waals surface area contributed by atoms with Gasteiger partial charge in [-0.3, -0.25) is 0 Å². The first-order chi connectivity index (χ1) is 13.5. The van der Waals surface area contributed by atoms with Gasteiger partial charge in [0, 0.05) is 30.8 Å². The van der Waals surface area contributed by atoms with E-state index in [1.165, 1.54) is 4.31 Å². The lowest BCUT2D eigenvalue weighted by molar-refractivity contribution is 0.0730. The minimum Gasteiger partial charge on any atom is -0.379 e. The standard InChI is InChI=1S/C18H22N4O3S3/c1-3-22-17-5-4-15(28(23,24)21-6-8-25-9-7-21)10-16(17)20-18(22)27-12-14-11-26-13(2)19-14/h4-5,10-11H,3,6-9,12H2,1-2H3. The van der Waals surface area contributed by atoms with Crippen LogP contribution in [0.25, 0.3) is 11.0 Å². The number of thiazole rings is 1. The topological polar surface area (TPSA) is 77.3 Å². The number of aryl methyl sites for hydroxylation is 2. The molecule has 3 aromatic rings. The van der Waals surface area contributed by atoms with Crippen molar-refractivity contribution >= 4 is 44.2 Å². The largest absolute Gasteiger partial charge is 0.379 e. The van der Waals surface area contributed by atoms with Crippen molar-refractivity contribution in [2.24, 2.45) is 0 Å². The number of hydrogen-bond donors (Lipinski definition) is 0. The molecule has 10 heteroatoms. The maximum Gasteiger partial charge on any atom is 0.243 e. The Morgan fingerprint density at radius 2 is 2.04 bits per heavy atom. The van der Waals surface area contributed by atoms with Gasteiger partial charge in [0.2, 0.25) is 10.0 Å². The monoisotopic (exact) mass is 438 g/mol. The molecule has 0 aliphatic carbocycles. The molecular weight excluding hydrogens is 416 g/mol. The van der Waals surface area contributed by atoms with Gasteiger partial charge >= 0.3 is 0 Å². The molecule has 0 unspecified atom stereocenters. The lowest BCUT2D eigenvalue weighted by atomic mass is 10.3. The molecule has 3 heterocycles. The summed E-state index contributed by atoms with van der Waals surface area (Å²) in [5.41, 5.74) is 2.69. The average molecular weight is 439 g/mol. The van der Waals surface area contributed by atoms with Gasteiger partial charge in [0.25, 0.3) is 0 Å². The summed E-state index contributed by atoms with van der Waals surface area (Å²) in [6.07, 6.45) is 0. The van der Waals surface area contributed by atoms with Crippen molar-refractivity contribution in [3.8, 4) is 0 Å². The van der Waals surface area contributed by atoms with Crippen LogP contribution in [0.2, 0.25) is 0 Å². The Labute approximate surface area is 172 Å². The Morgan fingerprint density at radius 3 is 2.71 bits per heavy atom. The van der Waals surface area contributed by atoms with Crippen LogP contribution in [0.5, 0.6) is 0 Å². The molecule has 0 atom stereocenters. The number of ether oxygens (including phenoxy) is 1. The fourth-order valence-electron chi connectivity index (χ4n) is 3.21. The number of thioether (sulfide) groups is 1. The van der Waals surface area contributed by atoms with E-state index in [9.17, 15) is 8.42 Å². The fourth-order valence-corrected chi connectivity index (χ4v) is 6.33. The SMILES string of the molecule is CCn1c(SCc2csc(C)n2)nc2cc(S(=O)(=O)N3CCOCC3)ccc21. The van der Waals surface area contributed by atoms with Crippen LogP contribution >= 0.6 is 23.1 Å². The van der Waals surface area contributed by atoms with Gasteiger partial charge in [0.05, 0.1) is 39.8 Å². The molecule has 2 aromatic heterocycles. The highest BCUT2D eigenvalue weighted by Crippen LogP contribution is 2.29. The molecule has 1 fully saturated rings. The molecule has 0 spiro atoms. The Morgan fingerprint density at radius 1 is 1.25 bits per heavy atom. The lowest BCUT2D eigenvalue weighted by Gasteiger charge is -2.26. The normalized spacial score (nSPS) is 16.1. The smallest absolute Gasteiger partial charge is 0.243 e. The minimum atomic E-state index is -3.53. The van der Waals surface area contributed by atoms with E-state index in [0.717, 1.165) is 33.7 Å². The van der Waals surface area contributed by atoms with Gasteiger partial charge in [-0.1, -0.05) is 11.8 Å². The highest BCUT2D eigenvalue weighted by atomic mass is 32.2. The second-order valence-electron chi connectivity index (χ2n) is 6.45. The van der Waals surface area contributed by atoms with E-state index in [0.29, 0.717) is 31.8 Å². The summed E-state index contributed by atoms with van der Waals surface area (Å²) >= 11 is 3.27. The number of rotatable bonds is 6. The third-order valence-electron chi connectivity index (χ3n) is 4.62. The zero-order valence-corrected chi connectivity index (χ0v) is 18.2. The van der Waals surface area contributed by atoms with Crippen LogP contribution in [0, 0.1) is 6.92 Å². The van der Waals surface area contributed by atoms with Crippen molar-refractivity contribution in [3.05, 3.63) is 34.3 Å². The molecule has 0 radical (unpaired) electrons. The number of benzene rings is 1. The Bertz CT molecular complexity index is 1080. The summed E-state index contributed by atoms with van der Waals surface area (Å²) in [6, 6.07) is 5.22. The van der Waals surface area contributed by atoms with E-state index < -0.39 is 10.0 Å². The second-order valence-corrected chi connectivity index (χ2v) is 10.4. The first kappa shape index (κ1) is 19.8. The van der Waals surface area contributed by atoms with E-state index in [2.05, 4.69) is 21.9 Å². The van der Waals surface area contributed by atoms with Gasteiger partial charge in [-0.15, -0.1) is 11.3 Å². The number of sulfonamides is 1. The van der Waals surface area contributed by atoms with Crippen LogP contribution in [-0.2, 0) is 27.1 Å². The minimum absolute atomic E-state index is 0.286. The number of aromatic nitrogens is 3. The van der Waals surface area contributed by atoms with Crippen LogP contribution in [0.1, 0.15) is 17.6 Å². The molecule has 7 nitrogen and oxygen atoms in total. The van der Waals surface area contributed by atoms with Gasteiger partial charge in [-0.25, -0.2) is 18.4 Å². The van der Waals surface area contributed by atoms with Crippen LogP contribution in [0.15, 0.2) is 33.6 Å². The van der Waals surface area contributed by atoms with Gasteiger partial charge < -0.3 is 9.30 Å². The van der Waals surface area contributed by atoms with Crippen molar-refractivity contribution in [2.75, 3.05) is 26.3 Å². The number of hydrogen-bond acceptors (Lipinski definition) is 7. The molecular formula is C18H22N4O3S3. The Hall–Kier alpha value is -1.46. The van der Waals surface area contributed by atoms with Crippen molar-refractivity contribution in [1.82, 2.24) is 18.8 Å². The third kappa shape index (κ3) is 3.84. The van der Waals surface area contributed by atoms with E-state index in [1.807, 2.05) is 13.0 Å². The van der Waals surface area contributed by atoms with Crippen molar-refractivity contribution in [2.45, 2.75) is 36.2 Å². The summed E-state index contributed by atoms with van der Waals surface area (Å²) in [5.74, 6) is 0.743. The molecule has 1 saturated heterocycles. The average Bonchev–Trinajstić information content (AvgIpc) is 3.28. The highest BCUT2D eigenvalue weighted by Gasteiger charge is 2.27. The summed E-state index contributed by atoms with van der Waals surface area (Å²) in [5, 5.41) is 4.00. The predicted octanol–water partition coefficient (Wildman–Crippen LogP) is 3.13. The number of nitrogens with zero attached hydrogens (tertiary/aromatic N) is 4. The van der Waals surface area contributed by atoms with Gasteiger partial charge in [0.1, 0.15) is 0 Å². The van der Waals surface area contributed by atoms with Crippen molar-refractivity contribution in [1.29, 1.82) is 0 Å². The Balaban J connectivity index is 1.64. The number of morpholine rings is 1. The predicted molar refractivity (Wildman–Crippen MR) is 111 cm³/mol. The van der Waals surface area contributed by atoms with Crippen LogP contribution in [0.3, 0.4) is 0 Å². The molecule has 150 valence electrons. The first-order valence-electron chi connectivity index (χ1n) is 9.11. The molecule has 1 aliphatic heterocycles. The van der Waals surface area contributed by atoms with E-state index >= 15 is 0 Å². The summed E-state index contributed by atoms with van der Waals surface area (Å²) in [4.78, 5) is 9.50. The highest BCUT2D eigenvalue weighted by molar-refractivity contribution is 7.98. The molecule has 4 rings (SSSR count). The van der Waals surface area contributed by atoms with Crippen LogP contribution in [-0.4, -0.2) is 53.6 Å². The van der Waals surface area contributed by atoms with E-state index in [4.69, 9.17) is 9.72 Å². The van der Waals surface area contributed by atoms with E-state index in [1.54, 1.807) is 35.2 Å². The molecule has 0 N–H and O–H groups in total. The zero-order chi connectivity index (χ0) is 19.7. The molecule has 28 heavy (non-hydrogen) atoms. The van der Waals surface area contributed by atoms with E-state index in [-0.39, 0.29) is 4.90 Å². The maximum absolute atomic E-state index is 12.9. The molecule has 1 aromatic carbocycles. The maximum atomic E-state index is 12.9. The summed E-state index contributed by atoms with van der Waals surface area (Å²) in [6.45, 7) is 6.47. The molecule has 0 saturated carbocycles. The summed E-state index contributed by atoms with van der Waals surface area (Å²) in [7, 11) is -3.53.